The van der Waals surface area contributed by atoms with Crippen molar-refractivity contribution in [2.45, 2.75) is 19.9 Å². The summed E-state index contributed by atoms with van der Waals surface area (Å²) >= 11 is 0. The molecule has 126 valence electrons. The van der Waals surface area contributed by atoms with E-state index >= 15 is 0 Å². The van der Waals surface area contributed by atoms with Crippen LogP contribution in [0.5, 0.6) is 0 Å². The van der Waals surface area contributed by atoms with Gasteiger partial charge in [-0.15, -0.1) is 0 Å². The number of aryl methyl sites for hydroxylation is 2. The highest BCUT2D eigenvalue weighted by Gasteiger charge is 2.18. The summed E-state index contributed by atoms with van der Waals surface area (Å²) in [6.07, 6.45) is 5.09. The number of urea groups is 1. The van der Waals surface area contributed by atoms with Crippen molar-refractivity contribution >= 4 is 11.7 Å². The molecule has 0 bridgehead atoms. The maximum absolute atomic E-state index is 12.5. The zero-order valence-electron chi connectivity index (χ0n) is 14.2. The van der Waals surface area contributed by atoms with Gasteiger partial charge in [0.25, 0.3) is 0 Å². The number of hydrogen-bond donors (Lipinski definition) is 2. The molecular weight excluding hydrogens is 312 g/mol. The normalized spacial score (nSPS) is 11.6. The van der Waals surface area contributed by atoms with E-state index in [-0.39, 0.29) is 12.1 Å². The lowest BCUT2D eigenvalue weighted by Crippen LogP contribution is -2.33. The van der Waals surface area contributed by atoms with Crippen molar-refractivity contribution in [3.05, 3.63) is 89.5 Å². The standard InChI is InChI=1S/C20H20N4O/c1-14-6-5-7-16(12-14)19(18-8-3-4-10-22-18)24-20(25)23-17-9-11-21-13-15(17)2/h3-13,19H,1-2H3,(H2,21,23,24,25)/t19-/m0/s1. The lowest BCUT2D eigenvalue weighted by atomic mass is 10.0. The summed E-state index contributed by atoms with van der Waals surface area (Å²) in [5.74, 6) is 0. The van der Waals surface area contributed by atoms with Gasteiger partial charge in [0.1, 0.15) is 0 Å². The Morgan fingerprint density at radius 3 is 2.64 bits per heavy atom. The predicted octanol–water partition coefficient (Wildman–Crippen LogP) is 4.00. The van der Waals surface area contributed by atoms with Crippen LogP contribution in [0.4, 0.5) is 10.5 Å². The molecule has 1 aromatic carbocycles. The first-order chi connectivity index (χ1) is 12.1. The van der Waals surface area contributed by atoms with E-state index < -0.39 is 0 Å². The molecule has 25 heavy (non-hydrogen) atoms. The second-order valence-corrected chi connectivity index (χ2v) is 5.89. The number of benzene rings is 1. The topological polar surface area (TPSA) is 66.9 Å². The number of pyridine rings is 2. The van der Waals surface area contributed by atoms with Gasteiger partial charge in [-0.1, -0.05) is 35.9 Å². The Hall–Kier alpha value is -3.21. The smallest absolute Gasteiger partial charge is 0.320 e. The molecule has 2 aromatic heterocycles. The number of rotatable bonds is 4. The zero-order chi connectivity index (χ0) is 17.6. The largest absolute Gasteiger partial charge is 0.325 e. The van der Waals surface area contributed by atoms with Gasteiger partial charge in [0.15, 0.2) is 0 Å². The van der Waals surface area contributed by atoms with Crippen LogP contribution in [0.15, 0.2) is 67.1 Å². The van der Waals surface area contributed by atoms with Crippen molar-refractivity contribution in [2.24, 2.45) is 0 Å². The zero-order valence-corrected chi connectivity index (χ0v) is 14.2. The van der Waals surface area contributed by atoms with Gasteiger partial charge in [-0.3, -0.25) is 9.97 Å². The van der Waals surface area contributed by atoms with Gasteiger partial charge >= 0.3 is 6.03 Å². The quantitative estimate of drug-likeness (QED) is 0.759. The minimum absolute atomic E-state index is 0.286. The molecule has 1 atom stereocenters. The first kappa shape index (κ1) is 16.6. The molecule has 0 saturated heterocycles. The summed E-state index contributed by atoms with van der Waals surface area (Å²) in [7, 11) is 0. The molecule has 0 spiro atoms. The van der Waals surface area contributed by atoms with Crippen LogP contribution in [0.3, 0.4) is 0 Å². The number of hydrogen-bond acceptors (Lipinski definition) is 3. The molecule has 3 aromatic rings. The highest BCUT2D eigenvalue weighted by molar-refractivity contribution is 5.90. The lowest BCUT2D eigenvalue weighted by molar-refractivity contribution is 0.250. The van der Waals surface area contributed by atoms with E-state index in [0.717, 1.165) is 28.1 Å². The molecule has 2 N–H and O–H groups in total. The molecule has 2 heterocycles. The second-order valence-electron chi connectivity index (χ2n) is 5.89. The van der Waals surface area contributed by atoms with Crippen LogP contribution in [0.25, 0.3) is 0 Å². The Kier molecular flexibility index (Phi) is 5.04. The minimum atomic E-state index is -0.330. The summed E-state index contributed by atoms with van der Waals surface area (Å²) in [5.41, 5.74) is 4.54. The maximum atomic E-state index is 12.5. The van der Waals surface area contributed by atoms with E-state index in [0.29, 0.717) is 0 Å². The molecule has 0 saturated carbocycles. The number of carbonyl (C=O) groups excluding carboxylic acids is 1. The number of aromatic nitrogens is 2. The highest BCUT2D eigenvalue weighted by Crippen LogP contribution is 2.21. The van der Waals surface area contributed by atoms with Crippen LogP contribution in [0.1, 0.15) is 28.4 Å². The lowest BCUT2D eigenvalue weighted by Gasteiger charge is -2.20. The SMILES string of the molecule is Cc1cccc([C@H](NC(=O)Nc2ccncc2C)c2ccccn2)c1. The summed E-state index contributed by atoms with van der Waals surface area (Å²) in [5, 5.41) is 5.90. The van der Waals surface area contributed by atoms with Crippen molar-refractivity contribution < 1.29 is 4.79 Å². The molecule has 5 nitrogen and oxygen atoms in total. The Balaban J connectivity index is 1.85. The molecule has 0 radical (unpaired) electrons. The monoisotopic (exact) mass is 332 g/mol. The number of nitrogens with zero attached hydrogens (tertiary/aromatic N) is 2. The predicted molar refractivity (Wildman–Crippen MR) is 98.4 cm³/mol. The third-order valence-electron chi connectivity index (χ3n) is 3.90. The molecule has 2 amide bonds. The number of carbonyl (C=O) groups is 1. The van der Waals surface area contributed by atoms with E-state index in [1.54, 1.807) is 24.7 Å². The third-order valence-corrected chi connectivity index (χ3v) is 3.90. The molecule has 0 aliphatic rings. The van der Waals surface area contributed by atoms with Crippen LogP contribution in [-0.2, 0) is 0 Å². The molecule has 0 unspecified atom stereocenters. The van der Waals surface area contributed by atoms with E-state index in [1.807, 2.05) is 50.2 Å². The van der Waals surface area contributed by atoms with Gasteiger partial charge in [0, 0.05) is 24.3 Å². The number of amides is 2. The van der Waals surface area contributed by atoms with Gasteiger partial charge in [-0.05, 0) is 43.2 Å². The van der Waals surface area contributed by atoms with Gasteiger partial charge in [0.05, 0.1) is 11.7 Å². The van der Waals surface area contributed by atoms with Gasteiger partial charge in [-0.25, -0.2) is 4.79 Å². The Labute approximate surface area is 147 Å². The van der Waals surface area contributed by atoms with E-state index in [2.05, 4.69) is 26.7 Å². The minimum Gasteiger partial charge on any atom is -0.325 e. The number of nitrogens with one attached hydrogen (secondary N) is 2. The summed E-state index contributed by atoms with van der Waals surface area (Å²) in [4.78, 5) is 21.0. The van der Waals surface area contributed by atoms with Crippen LogP contribution in [0, 0.1) is 13.8 Å². The summed E-state index contributed by atoms with van der Waals surface area (Å²) < 4.78 is 0. The summed E-state index contributed by atoms with van der Waals surface area (Å²) in [6, 6.07) is 14.9. The van der Waals surface area contributed by atoms with Crippen LogP contribution >= 0.6 is 0 Å². The van der Waals surface area contributed by atoms with Crippen LogP contribution in [0.2, 0.25) is 0 Å². The third kappa shape index (κ3) is 4.20. The Morgan fingerprint density at radius 1 is 1.04 bits per heavy atom. The fourth-order valence-electron chi connectivity index (χ4n) is 2.63. The fourth-order valence-corrected chi connectivity index (χ4v) is 2.63. The maximum Gasteiger partial charge on any atom is 0.320 e. The second kappa shape index (κ2) is 7.57. The van der Waals surface area contributed by atoms with E-state index in [1.165, 1.54) is 0 Å². The number of anilines is 1. The van der Waals surface area contributed by atoms with Gasteiger partial charge in [-0.2, -0.15) is 0 Å². The first-order valence-electron chi connectivity index (χ1n) is 8.09. The van der Waals surface area contributed by atoms with Crippen LogP contribution < -0.4 is 10.6 Å². The van der Waals surface area contributed by atoms with Gasteiger partial charge < -0.3 is 10.6 Å². The molecule has 0 aliphatic carbocycles. The first-order valence-corrected chi connectivity index (χ1v) is 8.09. The average molecular weight is 332 g/mol. The Morgan fingerprint density at radius 2 is 1.92 bits per heavy atom. The summed E-state index contributed by atoms with van der Waals surface area (Å²) in [6.45, 7) is 3.93. The fraction of sp³-hybridized carbons (Fsp3) is 0.150. The average Bonchev–Trinajstić information content (AvgIpc) is 2.62. The van der Waals surface area contributed by atoms with Crippen molar-refractivity contribution in [1.29, 1.82) is 0 Å². The van der Waals surface area contributed by atoms with Crippen molar-refractivity contribution in [3.63, 3.8) is 0 Å². The van der Waals surface area contributed by atoms with Crippen molar-refractivity contribution in [1.82, 2.24) is 15.3 Å². The molecule has 5 heteroatoms. The van der Waals surface area contributed by atoms with E-state index in [4.69, 9.17) is 0 Å². The Bertz CT molecular complexity index is 864. The molecular formula is C20H20N4O. The van der Waals surface area contributed by atoms with Gasteiger partial charge in [0.2, 0.25) is 0 Å². The molecule has 0 fully saturated rings. The molecule has 3 rings (SSSR count). The van der Waals surface area contributed by atoms with Crippen LogP contribution in [-0.4, -0.2) is 16.0 Å². The van der Waals surface area contributed by atoms with Crippen molar-refractivity contribution in [2.75, 3.05) is 5.32 Å². The molecule has 0 aliphatic heterocycles. The van der Waals surface area contributed by atoms with E-state index in [9.17, 15) is 4.79 Å². The highest BCUT2D eigenvalue weighted by atomic mass is 16.2. The van der Waals surface area contributed by atoms with Crippen molar-refractivity contribution in [3.8, 4) is 0 Å².